The highest BCUT2D eigenvalue weighted by molar-refractivity contribution is 9.10. The first-order valence-corrected chi connectivity index (χ1v) is 6.46. The quantitative estimate of drug-likeness (QED) is 0.921. The Kier molecular flexibility index (Phi) is 4.66. The third-order valence-electron chi connectivity index (χ3n) is 2.43. The lowest BCUT2D eigenvalue weighted by Gasteiger charge is -2.09. The van der Waals surface area contributed by atoms with Gasteiger partial charge in [0.25, 0.3) is 0 Å². The Morgan fingerprint density at radius 3 is 2.89 bits per heavy atom. The molecule has 0 radical (unpaired) electrons. The molecule has 0 aliphatic rings. The van der Waals surface area contributed by atoms with Crippen molar-refractivity contribution in [1.82, 2.24) is 9.97 Å². The fourth-order valence-corrected chi connectivity index (χ4v) is 1.92. The van der Waals surface area contributed by atoms with Crippen LogP contribution in [0, 0.1) is 0 Å². The summed E-state index contributed by atoms with van der Waals surface area (Å²) < 4.78 is 6.54. The molecule has 94 valence electrons. The van der Waals surface area contributed by atoms with Crippen LogP contribution in [0.4, 0.5) is 0 Å². The molecule has 0 saturated carbocycles. The van der Waals surface area contributed by atoms with Crippen LogP contribution >= 0.6 is 15.9 Å². The molecule has 2 aromatic heterocycles. The summed E-state index contributed by atoms with van der Waals surface area (Å²) in [6, 6.07) is 7.75. The molecule has 0 amide bonds. The first kappa shape index (κ1) is 13.0. The molecular weight excluding hydrogens is 294 g/mol. The van der Waals surface area contributed by atoms with E-state index in [1.54, 1.807) is 12.4 Å². The van der Waals surface area contributed by atoms with Gasteiger partial charge in [-0.3, -0.25) is 4.98 Å². The molecule has 0 saturated heterocycles. The van der Waals surface area contributed by atoms with Gasteiger partial charge in [0.15, 0.2) is 0 Å². The molecule has 0 fully saturated rings. The number of hydrogen-bond donors (Lipinski definition) is 1. The smallest absolute Gasteiger partial charge is 0.217 e. The number of nitrogens with zero attached hydrogens (tertiary/aromatic N) is 2. The Hall–Kier alpha value is -1.46. The number of aromatic nitrogens is 2. The maximum Gasteiger partial charge on any atom is 0.217 e. The van der Waals surface area contributed by atoms with E-state index < -0.39 is 0 Å². The molecule has 18 heavy (non-hydrogen) atoms. The first-order chi connectivity index (χ1) is 8.79. The van der Waals surface area contributed by atoms with Crippen LogP contribution in [0.5, 0.6) is 5.88 Å². The highest BCUT2D eigenvalue weighted by Gasteiger charge is 2.05. The molecular formula is C13H14BrN3O. The summed E-state index contributed by atoms with van der Waals surface area (Å²) in [6.45, 7) is 0.948. The van der Waals surface area contributed by atoms with Gasteiger partial charge in [-0.15, -0.1) is 0 Å². The molecule has 0 unspecified atom stereocenters. The van der Waals surface area contributed by atoms with Gasteiger partial charge in [-0.05, 0) is 34.1 Å². The minimum absolute atomic E-state index is 0.408. The molecule has 0 spiro atoms. The van der Waals surface area contributed by atoms with Gasteiger partial charge in [-0.2, -0.15) is 0 Å². The van der Waals surface area contributed by atoms with Crippen molar-refractivity contribution in [1.29, 1.82) is 0 Å². The third-order valence-corrected chi connectivity index (χ3v) is 2.87. The normalized spacial score (nSPS) is 10.3. The van der Waals surface area contributed by atoms with Crippen LogP contribution < -0.4 is 10.5 Å². The Morgan fingerprint density at radius 1 is 1.28 bits per heavy atom. The predicted octanol–water partition coefficient (Wildman–Crippen LogP) is 2.32. The van der Waals surface area contributed by atoms with E-state index in [4.69, 9.17) is 10.5 Å². The van der Waals surface area contributed by atoms with Crippen molar-refractivity contribution in [3.05, 3.63) is 52.4 Å². The second-order valence-corrected chi connectivity index (χ2v) is 4.66. The summed E-state index contributed by atoms with van der Waals surface area (Å²) in [5.41, 5.74) is 7.55. The van der Waals surface area contributed by atoms with E-state index in [9.17, 15) is 0 Å². The predicted molar refractivity (Wildman–Crippen MR) is 73.3 cm³/mol. The number of ether oxygens (including phenoxy) is 1. The lowest BCUT2D eigenvalue weighted by atomic mass is 10.2. The van der Waals surface area contributed by atoms with E-state index >= 15 is 0 Å². The van der Waals surface area contributed by atoms with Gasteiger partial charge < -0.3 is 10.5 Å². The lowest BCUT2D eigenvalue weighted by molar-refractivity contribution is 0.304. The minimum Gasteiger partial charge on any atom is -0.477 e. The standard InChI is InChI=1S/C13H14BrN3O/c14-11-7-10(8-15)13(17-9-11)18-6-4-12-3-1-2-5-16-12/h1-3,5,7,9H,4,6,8,15H2. The van der Waals surface area contributed by atoms with Crippen molar-refractivity contribution in [2.45, 2.75) is 13.0 Å². The second kappa shape index (κ2) is 6.47. The van der Waals surface area contributed by atoms with Gasteiger partial charge >= 0.3 is 0 Å². The molecule has 0 aliphatic heterocycles. The first-order valence-electron chi connectivity index (χ1n) is 5.67. The molecule has 2 N–H and O–H groups in total. The van der Waals surface area contributed by atoms with Crippen LogP contribution in [-0.4, -0.2) is 16.6 Å². The largest absolute Gasteiger partial charge is 0.477 e. The molecule has 0 aliphatic carbocycles. The van der Waals surface area contributed by atoms with Crippen LogP contribution in [-0.2, 0) is 13.0 Å². The maximum atomic E-state index is 5.65. The highest BCUT2D eigenvalue weighted by Crippen LogP contribution is 2.19. The molecule has 2 aromatic rings. The molecule has 2 heterocycles. The molecule has 4 nitrogen and oxygen atoms in total. The highest BCUT2D eigenvalue weighted by atomic mass is 79.9. The van der Waals surface area contributed by atoms with Gasteiger partial charge in [0.05, 0.1) is 6.61 Å². The zero-order valence-corrected chi connectivity index (χ0v) is 11.4. The van der Waals surface area contributed by atoms with Crippen molar-refractivity contribution < 1.29 is 4.74 Å². The van der Waals surface area contributed by atoms with Gasteiger partial charge in [-0.25, -0.2) is 4.98 Å². The summed E-state index contributed by atoms with van der Waals surface area (Å²) in [6.07, 6.45) is 4.23. The summed E-state index contributed by atoms with van der Waals surface area (Å²) in [4.78, 5) is 8.44. The van der Waals surface area contributed by atoms with Gasteiger partial charge in [-0.1, -0.05) is 6.07 Å². The molecule has 0 bridgehead atoms. The number of nitrogens with two attached hydrogens (primary N) is 1. The van der Waals surface area contributed by atoms with Crippen molar-refractivity contribution in [3.8, 4) is 5.88 Å². The number of pyridine rings is 2. The Morgan fingerprint density at radius 2 is 2.17 bits per heavy atom. The van der Waals surface area contributed by atoms with Crippen molar-refractivity contribution in [2.75, 3.05) is 6.61 Å². The number of rotatable bonds is 5. The van der Waals surface area contributed by atoms with Crippen LogP contribution in [0.25, 0.3) is 0 Å². The Balaban J connectivity index is 1.94. The van der Waals surface area contributed by atoms with E-state index in [1.807, 2.05) is 24.3 Å². The topological polar surface area (TPSA) is 61.0 Å². The molecule has 2 rings (SSSR count). The fraction of sp³-hybridized carbons (Fsp3) is 0.231. The van der Waals surface area contributed by atoms with Crippen molar-refractivity contribution in [3.63, 3.8) is 0 Å². The lowest BCUT2D eigenvalue weighted by Crippen LogP contribution is -2.08. The van der Waals surface area contributed by atoms with Crippen molar-refractivity contribution >= 4 is 15.9 Å². The minimum atomic E-state index is 0.408. The second-order valence-electron chi connectivity index (χ2n) is 3.74. The van der Waals surface area contributed by atoms with E-state index in [0.717, 1.165) is 22.2 Å². The van der Waals surface area contributed by atoms with Crippen LogP contribution in [0.2, 0.25) is 0 Å². The summed E-state index contributed by atoms with van der Waals surface area (Å²) in [5.74, 6) is 0.594. The van der Waals surface area contributed by atoms with Crippen LogP contribution in [0.1, 0.15) is 11.3 Å². The summed E-state index contributed by atoms with van der Waals surface area (Å²) in [7, 11) is 0. The van der Waals surface area contributed by atoms with Crippen LogP contribution in [0.15, 0.2) is 41.1 Å². The maximum absolute atomic E-state index is 5.65. The summed E-state index contributed by atoms with van der Waals surface area (Å²) in [5, 5.41) is 0. The van der Waals surface area contributed by atoms with E-state index in [-0.39, 0.29) is 0 Å². The van der Waals surface area contributed by atoms with E-state index in [0.29, 0.717) is 19.0 Å². The Labute approximate surface area is 114 Å². The molecule has 0 aromatic carbocycles. The van der Waals surface area contributed by atoms with Crippen LogP contribution in [0.3, 0.4) is 0 Å². The zero-order valence-electron chi connectivity index (χ0n) is 9.84. The monoisotopic (exact) mass is 307 g/mol. The van der Waals surface area contributed by atoms with Crippen molar-refractivity contribution in [2.24, 2.45) is 5.73 Å². The average molecular weight is 308 g/mol. The third kappa shape index (κ3) is 3.51. The zero-order chi connectivity index (χ0) is 12.8. The Bertz CT molecular complexity index is 505. The fourth-order valence-electron chi connectivity index (χ4n) is 1.54. The molecule has 0 atom stereocenters. The van der Waals surface area contributed by atoms with Gasteiger partial charge in [0.1, 0.15) is 0 Å². The van der Waals surface area contributed by atoms with Gasteiger partial charge in [0.2, 0.25) is 5.88 Å². The SMILES string of the molecule is NCc1cc(Br)cnc1OCCc1ccccn1. The average Bonchev–Trinajstić information content (AvgIpc) is 2.41. The number of hydrogen-bond acceptors (Lipinski definition) is 4. The molecule has 5 heteroatoms. The van der Waals surface area contributed by atoms with E-state index in [1.165, 1.54) is 0 Å². The summed E-state index contributed by atoms with van der Waals surface area (Å²) >= 11 is 3.36. The van der Waals surface area contributed by atoms with E-state index in [2.05, 4.69) is 25.9 Å². The van der Waals surface area contributed by atoms with Gasteiger partial charge in [0, 0.05) is 41.1 Å². The number of halogens is 1.